The first-order valence-electron chi connectivity index (χ1n) is 7.20. The molecule has 0 saturated heterocycles. The molecule has 0 fully saturated rings. The lowest BCUT2D eigenvalue weighted by molar-refractivity contribution is -0.116. The van der Waals surface area contributed by atoms with Gasteiger partial charge in [0.1, 0.15) is 0 Å². The molecule has 3 N–H and O–H groups in total. The number of hydrogen-bond acceptors (Lipinski definition) is 3. The second-order valence-corrected chi connectivity index (χ2v) is 5.91. The molecule has 6 heteroatoms. The summed E-state index contributed by atoms with van der Waals surface area (Å²) >= 11 is 3.37. The lowest BCUT2D eigenvalue weighted by Crippen LogP contribution is -2.16. The number of benzene rings is 2. The van der Waals surface area contributed by atoms with Gasteiger partial charge < -0.3 is 16.0 Å². The van der Waals surface area contributed by atoms with Gasteiger partial charge in [-0.15, -0.1) is 0 Å². The number of carbonyl (C=O) groups is 2. The van der Waals surface area contributed by atoms with Gasteiger partial charge in [-0.1, -0.05) is 22.0 Å². The molecule has 0 aliphatic carbocycles. The molecular weight excluding hydrogens is 358 g/mol. The number of hydrogen-bond donors (Lipinski definition) is 3. The molecule has 2 amide bonds. The Morgan fingerprint density at radius 2 is 1.65 bits per heavy atom. The van der Waals surface area contributed by atoms with Crippen LogP contribution in [-0.4, -0.2) is 18.4 Å². The van der Waals surface area contributed by atoms with E-state index in [1.807, 2.05) is 48.5 Å². The molecule has 0 aliphatic heterocycles. The Bertz CT molecular complexity index is 686. The van der Waals surface area contributed by atoms with E-state index < -0.39 is 0 Å². The number of amides is 2. The van der Waals surface area contributed by atoms with Gasteiger partial charge >= 0.3 is 0 Å². The fourth-order valence-electron chi connectivity index (χ4n) is 1.98. The Hall–Kier alpha value is -2.34. The van der Waals surface area contributed by atoms with Crippen LogP contribution in [-0.2, 0) is 9.59 Å². The smallest absolute Gasteiger partial charge is 0.226 e. The van der Waals surface area contributed by atoms with Crippen LogP contribution in [0.4, 0.5) is 17.1 Å². The number of nitrogens with one attached hydrogen (secondary N) is 3. The highest BCUT2D eigenvalue weighted by molar-refractivity contribution is 9.10. The zero-order valence-electron chi connectivity index (χ0n) is 12.7. The largest absolute Gasteiger partial charge is 0.385 e. The van der Waals surface area contributed by atoms with Crippen molar-refractivity contribution in [2.24, 2.45) is 0 Å². The van der Waals surface area contributed by atoms with Crippen LogP contribution in [0.1, 0.15) is 13.3 Å². The molecule has 0 saturated carbocycles. The summed E-state index contributed by atoms with van der Waals surface area (Å²) in [5.74, 6) is -0.152. The third-order valence-electron chi connectivity index (χ3n) is 2.99. The number of rotatable bonds is 6. The maximum Gasteiger partial charge on any atom is 0.226 e. The minimum atomic E-state index is -0.102. The third kappa shape index (κ3) is 6.12. The van der Waals surface area contributed by atoms with Crippen LogP contribution in [0.2, 0.25) is 0 Å². The van der Waals surface area contributed by atoms with Crippen molar-refractivity contribution in [2.45, 2.75) is 13.3 Å². The topological polar surface area (TPSA) is 70.2 Å². The maximum absolute atomic E-state index is 11.9. The summed E-state index contributed by atoms with van der Waals surface area (Å²) in [5, 5.41) is 8.72. The molecule has 2 rings (SSSR count). The molecule has 0 radical (unpaired) electrons. The van der Waals surface area contributed by atoms with Crippen molar-refractivity contribution in [1.29, 1.82) is 0 Å². The van der Waals surface area contributed by atoms with Crippen LogP contribution in [0.5, 0.6) is 0 Å². The standard InChI is InChI=1S/C17H18BrN3O2/c1-12(22)20-15-7-5-14(6-8-15)19-10-9-17(23)21-16-4-2-3-13(18)11-16/h2-8,11,19H,9-10H2,1H3,(H,20,22)(H,21,23). The molecular formula is C17H18BrN3O2. The number of anilines is 3. The van der Waals surface area contributed by atoms with E-state index in [4.69, 9.17) is 0 Å². The van der Waals surface area contributed by atoms with Gasteiger partial charge in [0.25, 0.3) is 0 Å². The minimum Gasteiger partial charge on any atom is -0.385 e. The van der Waals surface area contributed by atoms with E-state index in [-0.39, 0.29) is 11.8 Å². The maximum atomic E-state index is 11.9. The fourth-order valence-corrected chi connectivity index (χ4v) is 2.38. The van der Waals surface area contributed by atoms with E-state index in [1.54, 1.807) is 0 Å². The zero-order valence-corrected chi connectivity index (χ0v) is 14.3. The van der Waals surface area contributed by atoms with Crippen molar-refractivity contribution >= 4 is 44.8 Å². The summed E-state index contributed by atoms with van der Waals surface area (Å²) in [6.07, 6.45) is 0.361. The van der Waals surface area contributed by atoms with Gasteiger partial charge in [0.15, 0.2) is 0 Å². The monoisotopic (exact) mass is 375 g/mol. The van der Waals surface area contributed by atoms with Crippen molar-refractivity contribution in [3.63, 3.8) is 0 Å². The predicted molar refractivity (Wildman–Crippen MR) is 96.6 cm³/mol. The molecule has 0 aliphatic rings. The van der Waals surface area contributed by atoms with E-state index in [1.165, 1.54) is 6.92 Å². The SMILES string of the molecule is CC(=O)Nc1ccc(NCCC(=O)Nc2cccc(Br)c2)cc1. The minimum absolute atomic E-state index is 0.0505. The second kappa shape index (κ2) is 8.33. The highest BCUT2D eigenvalue weighted by Crippen LogP contribution is 2.16. The predicted octanol–water partition coefficient (Wildman–Crippen LogP) is 3.85. The van der Waals surface area contributed by atoms with Crippen molar-refractivity contribution < 1.29 is 9.59 Å². The van der Waals surface area contributed by atoms with Gasteiger partial charge in [-0.05, 0) is 42.5 Å². The Kier molecular flexibility index (Phi) is 6.17. The molecule has 0 atom stereocenters. The molecule has 0 bridgehead atoms. The van der Waals surface area contributed by atoms with Gasteiger partial charge in [-0.25, -0.2) is 0 Å². The van der Waals surface area contributed by atoms with E-state index in [0.29, 0.717) is 13.0 Å². The molecule has 0 heterocycles. The second-order valence-electron chi connectivity index (χ2n) is 4.99. The van der Waals surface area contributed by atoms with Gasteiger partial charge in [-0.3, -0.25) is 9.59 Å². The van der Waals surface area contributed by atoms with E-state index in [2.05, 4.69) is 31.9 Å². The first-order valence-corrected chi connectivity index (χ1v) is 7.99. The molecule has 0 spiro atoms. The Balaban J connectivity index is 1.76. The van der Waals surface area contributed by atoms with Crippen LogP contribution in [0.15, 0.2) is 53.0 Å². The highest BCUT2D eigenvalue weighted by Gasteiger charge is 2.03. The molecule has 23 heavy (non-hydrogen) atoms. The molecule has 0 aromatic heterocycles. The van der Waals surface area contributed by atoms with Crippen molar-refractivity contribution in [3.05, 3.63) is 53.0 Å². The Labute approximate surface area is 143 Å². The van der Waals surface area contributed by atoms with Crippen LogP contribution in [0, 0.1) is 0 Å². The number of carbonyl (C=O) groups excluding carboxylic acids is 2. The molecule has 2 aromatic rings. The van der Waals surface area contributed by atoms with E-state index in [9.17, 15) is 9.59 Å². The van der Waals surface area contributed by atoms with E-state index in [0.717, 1.165) is 21.5 Å². The molecule has 0 unspecified atom stereocenters. The summed E-state index contributed by atoms with van der Waals surface area (Å²) in [4.78, 5) is 22.8. The van der Waals surface area contributed by atoms with Gasteiger partial charge in [0, 0.05) is 41.4 Å². The van der Waals surface area contributed by atoms with Crippen LogP contribution >= 0.6 is 15.9 Å². The normalized spacial score (nSPS) is 10.0. The Morgan fingerprint density at radius 3 is 2.30 bits per heavy atom. The quantitative estimate of drug-likeness (QED) is 0.717. The lowest BCUT2D eigenvalue weighted by atomic mass is 10.2. The van der Waals surface area contributed by atoms with Crippen LogP contribution < -0.4 is 16.0 Å². The van der Waals surface area contributed by atoms with Gasteiger partial charge in [0.05, 0.1) is 0 Å². The van der Waals surface area contributed by atoms with E-state index >= 15 is 0 Å². The number of halogens is 1. The van der Waals surface area contributed by atoms with Crippen LogP contribution in [0.3, 0.4) is 0 Å². The highest BCUT2D eigenvalue weighted by atomic mass is 79.9. The average molecular weight is 376 g/mol. The molecule has 5 nitrogen and oxygen atoms in total. The molecule has 2 aromatic carbocycles. The van der Waals surface area contributed by atoms with Crippen molar-refractivity contribution in [3.8, 4) is 0 Å². The van der Waals surface area contributed by atoms with Gasteiger partial charge in [-0.2, -0.15) is 0 Å². The summed E-state index contributed by atoms with van der Waals surface area (Å²) in [5.41, 5.74) is 2.41. The fraction of sp³-hybridized carbons (Fsp3) is 0.176. The summed E-state index contributed by atoms with van der Waals surface area (Å²) in [7, 11) is 0. The first-order chi connectivity index (χ1) is 11.0. The summed E-state index contributed by atoms with van der Waals surface area (Å²) in [6.45, 7) is 2.00. The molecule has 120 valence electrons. The zero-order chi connectivity index (χ0) is 16.7. The van der Waals surface area contributed by atoms with Gasteiger partial charge in [0.2, 0.25) is 11.8 Å². The van der Waals surface area contributed by atoms with Crippen LogP contribution in [0.25, 0.3) is 0 Å². The lowest BCUT2D eigenvalue weighted by Gasteiger charge is -2.09. The summed E-state index contributed by atoms with van der Waals surface area (Å²) in [6, 6.07) is 14.8. The van der Waals surface area contributed by atoms with Crippen molar-refractivity contribution in [1.82, 2.24) is 0 Å². The Morgan fingerprint density at radius 1 is 0.957 bits per heavy atom. The summed E-state index contributed by atoms with van der Waals surface area (Å²) < 4.78 is 0.924. The van der Waals surface area contributed by atoms with Crippen molar-refractivity contribution in [2.75, 3.05) is 22.5 Å². The first kappa shape index (κ1) is 17.0. The average Bonchev–Trinajstić information content (AvgIpc) is 2.48. The third-order valence-corrected chi connectivity index (χ3v) is 3.49.